The smallest absolute Gasteiger partial charge is 0.213 e. The molecule has 0 heterocycles. The molecule has 0 bridgehead atoms. The van der Waals surface area contributed by atoms with E-state index in [4.69, 9.17) is 10.5 Å². The van der Waals surface area contributed by atoms with Gasteiger partial charge in [-0.15, -0.1) is 0 Å². The molecule has 6 heteroatoms. The lowest BCUT2D eigenvalue weighted by Gasteiger charge is -2.08. The van der Waals surface area contributed by atoms with Gasteiger partial charge in [0.2, 0.25) is 10.0 Å². The number of rotatable bonds is 7. The number of sulfonamides is 1. The van der Waals surface area contributed by atoms with Gasteiger partial charge in [0, 0.05) is 13.1 Å². The molecule has 13 heavy (non-hydrogen) atoms. The molecule has 0 aromatic heterocycles. The second-order valence-corrected chi connectivity index (χ2v) is 4.85. The van der Waals surface area contributed by atoms with Gasteiger partial charge in [0.1, 0.15) is 0 Å². The van der Waals surface area contributed by atoms with E-state index in [9.17, 15) is 8.42 Å². The van der Waals surface area contributed by atoms with Crippen LogP contribution in [-0.2, 0) is 14.8 Å². The molecule has 0 aromatic carbocycles. The van der Waals surface area contributed by atoms with Gasteiger partial charge in [-0.3, -0.25) is 0 Å². The molecule has 5 nitrogen and oxygen atoms in total. The third-order valence-electron chi connectivity index (χ3n) is 1.27. The lowest BCUT2D eigenvalue weighted by atomic mass is 10.5. The summed E-state index contributed by atoms with van der Waals surface area (Å²) in [6, 6.07) is 0. The Morgan fingerprint density at radius 1 is 1.46 bits per heavy atom. The molecule has 0 saturated carbocycles. The topological polar surface area (TPSA) is 81.4 Å². The number of nitrogens with two attached hydrogens (primary N) is 1. The molecule has 0 aliphatic carbocycles. The SMILES string of the molecule is CC(C)OCCS(=O)(=O)NCCN. The second-order valence-electron chi connectivity index (χ2n) is 2.92. The highest BCUT2D eigenvalue weighted by molar-refractivity contribution is 7.89. The number of hydrogen-bond acceptors (Lipinski definition) is 4. The van der Waals surface area contributed by atoms with Crippen molar-refractivity contribution in [1.29, 1.82) is 0 Å². The maximum absolute atomic E-state index is 11.1. The van der Waals surface area contributed by atoms with Crippen LogP contribution in [-0.4, -0.2) is 40.0 Å². The van der Waals surface area contributed by atoms with Gasteiger partial charge in [0.15, 0.2) is 0 Å². The molecular formula is C7H18N2O3S. The summed E-state index contributed by atoms with van der Waals surface area (Å²) in [5.41, 5.74) is 5.15. The quantitative estimate of drug-likeness (QED) is 0.581. The van der Waals surface area contributed by atoms with E-state index < -0.39 is 10.0 Å². The van der Waals surface area contributed by atoms with Crippen molar-refractivity contribution >= 4 is 10.0 Å². The fourth-order valence-electron chi connectivity index (χ4n) is 0.680. The van der Waals surface area contributed by atoms with Gasteiger partial charge >= 0.3 is 0 Å². The zero-order valence-electron chi connectivity index (χ0n) is 8.12. The monoisotopic (exact) mass is 210 g/mol. The molecule has 0 atom stereocenters. The summed E-state index contributed by atoms with van der Waals surface area (Å²) in [4.78, 5) is 0. The molecule has 3 N–H and O–H groups in total. The Balaban J connectivity index is 3.64. The molecule has 0 spiro atoms. The molecule has 0 aliphatic heterocycles. The third-order valence-corrected chi connectivity index (χ3v) is 2.62. The molecule has 0 aromatic rings. The Morgan fingerprint density at radius 3 is 2.54 bits per heavy atom. The van der Waals surface area contributed by atoms with E-state index >= 15 is 0 Å². The van der Waals surface area contributed by atoms with Crippen molar-refractivity contribution in [2.75, 3.05) is 25.4 Å². The first-order valence-electron chi connectivity index (χ1n) is 4.27. The van der Waals surface area contributed by atoms with Crippen molar-refractivity contribution in [3.8, 4) is 0 Å². The van der Waals surface area contributed by atoms with Crippen LogP contribution in [0.15, 0.2) is 0 Å². The van der Waals surface area contributed by atoms with Gasteiger partial charge in [-0.1, -0.05) is 0 Å². The van der Waals surface area contributed by atoms with Crippen LogP contribution >= 0.6 is 0 Å². The fraction of sp³-hybridized carbons (Fsp3) is 1.00. The van der Waals surface area contributed by atoms with Crippen LogP contribution < -0.4 is 10.5 Å². The van der Waals surface area contributed by atoms with Crippen molar-refractivity contribution in [3.05, 3.63) is 0 Å². The van der Waals surface area contributed by atoms with E-state index in [1.54, 1.807) is 0 Å². The molecule has 80 valence electrons. The Bertz CT molecular complexity index is 214. The van der Waals surface area contributed by atoms with Crippen LogP contribution in [0.1, 0.15) is 13.8 Å². The first kappa shape index (κ1) is 12.8. The molecule has 0 saturated heterocycles. The first-order chi connectivity index (χ1) is 5.98. The molecule has 0 fully saturated rings. The van der Waals surface area contributed by atoms with Crippen molar-refractivity contribution in [2.45, 2.75) is 20.0 Å². The van der Waals surface area contributed by atoms with E-state index in [0.29, 0.717) is 6.54 Å². The minimum atomic E-state index is -3.19. The average molecular weight is 210 g/mol. The normalized spacial score (nSPS) is 12.3. The zero-order chi connectivity index (χ0) is 10.3. The average Bonchev–Trinajstić information content (AvgIpc) is 2.00. The van der Waals surface area contributed by atoms with Gasteiger partial charge in [-0.05, 0) is 13.8 Å². The van der Waals surface area contributed by atoms with Gasteiger partial charge in [0.25, 0.3) is 0 Å². The van der Waals surface area contributed by atoms with Crippen LogP contribution in [0.25, 0.3) is 0 Å². The summed E-state index contributed by atoms with van der Waals surface area (Å²) in [6.45, 7) is 4.53. The predicted octanol–water partition coefficient (Wildman–Crippen LogP) is -0.710. The van der Waals surface area contributed by atoms with Gasteiger partial charge < -0.3 is 10.5 Å². The maximum atomic E-state index is 11.1. The summed E-state index contributed by atoms with van der Waals surface area (Å²) in [7, 11) is -3.19. The summed E-state index contributed by atoms with van der Waals surface area (Å²) >= 11 is 0. The van der Waals surface area contributed by atoms with Gasteiger partial charge in [0.05, 0.1) is 18.5 Å². The zero-order valence-corrected chi connectivity index (χ0v) is 8.93. The fourth-order valence-corrected chi connectivity index (χ4v) is 1.57. The number of hydrogen-bond donors (Lipinski definition) is 2. The Kier molecular flexibility index (Phi) is 6.23. The van der Waals surface area contributed by atoms with Gasteiger partial charge in [-0.25, -0.2) is 13.1 Å². The molecule has 0 rings (SSSR count). The van der Waals surface area contributed by atoms with Gasteiger partial charge in [-0.2, -0.15) is 0 Å². The highest BCUT2D eigenvalue weighted by atomic mass is 32.2. The Hall–Kier alpha value is -0.170. The molecule has 0 unspecified atom stereocenters. The standard InChI is InChI=1S/C7H18N2O3S/c1-7(2)12-5-6-13(10,11)9-4-3-8/h7,9H,3-6,8H2,1-2H3. The number of ether oxygens (including phenoxy) is 1. The van der Waals surface area contributed by atoms with E-state index in [1.807, 2.05) is 13.8 Å². The maximum Gasteiger partial charge on any atom is 0.213 e. The minimum absolute atomic E-state index is 0.00875. The van der Waals surface area contributed by atoms with E-state index in [1.165, 1.54) is 0 Å². The highest BCUT2D eigenvalue weighted by Gasteiger charge is 2.08. The Morgan fingerprint density at radius 2 is 2.08 bits per heavy atom. The van der Waals surface area contributed by atoms with Crippen molar-refractivity contribution in [1.82, 2.24) is 4.72 Å². The lowest BCUT2D eigenvalue weighted by Crippen LogP contribution is -2.32. The van der Waals surface area contributed by atoms with Crippen LogP contribution in [0.5, 0.6) is 0 Å². The van der Waals surface area contributed by atoms with E-state index in [2.05, 4.69) is 4.72 Å². The summed E-state index contributed by atoms with van der Waals surface area (Å²) in [6.07, 6.45) is 0.0599. The first-order valence-corrected chi connectivity index (χ1v) is 5.92. The van der Waals surface area contributed by atoms with Crippen molar-refractivity contribution < 1.29 is 13.2 Å². The van der Waals surface area contributed by atoms with Crippen LogP contribution in [0.2, 0.25) is 0 Å². The van der Waals surface area contributed by atoms with Crippen LogP contribution in [0.4, 0.5) is 0 Å². The second kappa shape index (κ2) is 6.31. The summed E-state index contributed by atoms with van der Waals surface area (Å²) in [5.74, 6) is -0.00875. The van der Waals surface area contributed by atoms with Crippen LogP contribution in [0, 0.1) is 0 Å². The van der Waals surface area contributed by atoms with E-state index in [0.717, 1.165) is 0 Å². The third kappa shape index (κ3) is 8.17. The van der Waals surface area contributed by atoms with Crippen molar-refractivity contribution in [2.24, 2.45) is 5.73 Å². The minimum Gasteiger partial charge on any atom is -0.378 e. The molecule has 0 aliphatic rings. The highest BCUT2D eigenvalue weighted by Crippen LogP contribution is 1.90. The van der Waals surface area contributed by atoms with Crippen LogP contribution in [0.3, 0.4) is 0 Å². The molecule has 0 amide bonds. The molecule has 0 radical (unpaired) electrons. The van der Waals surface area contributed by atoms with E-state index in [-0.39, 0.29) is 25.0 Å². The lowest BCUT2D eigenvalue weighted by molar-refractivity contribution is 0.0911. The Labute approximate surface area is 79.7 Å². The summed E-state index contributed by atoms with van der Waals surface area (Å²) in [5, 5.41) is 0. The summed E-state index contributed by atoms with van der Waals surface area (Å²) < 4.78 is 29.7. The molecular weight excluding hydrogens is 192 g/mol. The predicted molar refractivity (Wildman–Crippen MR) is 51.9 cm³/mol. The number of nitrogens with one attached hydrogen (secondary N) is 1. The largest absolute Gasteiger partial charge is 0.378 e. The van der Waals surface area contributed by atoms with Crippen molar-refractivity contribution in [3.63, 3.8) is 0 Å².